The summed E-state index contributed by atoms with van der Waals surface area (Å²) in [6, 6.07) is -0.571. The Kier molecular flexibility index (Phi) is 2.36. The number of hydrogen-bond acceptors (Lipinski definition) is 3. The van der Waals surface area contributed by atoms with Crippen LogP contribution < -0.4 is 0 Å². The third-order valence-corrected chi connectivity index (χ3v) is 2.73. The van der Waals surface area contributed by atoms with E-state index in [-0.39, 0.29) is 0 Å². The van der Waals surface area contributed by atoms with E-state index in [1.807, 2.05) is 0 Å². The van der Waals surface area contributed by atoms with Crippen molar-refractivity contribution in [1.82, 2.24) is 9.80 Å². The second kappa shape index (κ2) is 3.00. The van der Waals surface area contributed by atoms with Crippen LogP contribution >= 0.6 is 22.6 Å². The van der Waals surface area contributed by atoms with Gasteiger partial charge < -0.3 is 0 Å². The summed E-state index contributed by atoms with van der Waals surface area (Å²) in [6.07, 6.45) is 0. The number of carbonyl (C=O) groups is 3. The number of rotatable bonds is 0. The summed E-state index contributed by atoms with van der Waals surface area (Å²) in [5.41, 5.74) is 0. The van der Waals surface area contributed by atoms with Crippen molar-refractivity contribution in [2.24, 2.45) is 0 Å². The minimum absolute atomic E-state index is 0.455. The minimum atomic E-state index is -0.768. The van der Waals surface area contributed by atoms with Crippen molar-refractivity contribution in [3.63, 3.8) is 0 Å². The van der Waals surface area contributed by atoms with E-state index < -0.39 is 21.8 Å². The normalized spacial score (nSPS) is 20.8. The van der Waals surface area contributed by atoms with E-state index in [2.05, 4.69) is 0 Å². The molecule has 0 radical (unpaired) electrons. The Morgan fingerprint density at radius 2 is 1.42 bits per heavy atom. The molecule has 1 aliphatic heterocycles. The van der Waals surface area contributed by atoms with Crippen LogP contribution in [0.4, 0.5) is 4.79 Å². The molecule has 0 bridgehead atoms. The highest BCUT2D eigenvalue weighted by atomic mass is 127. The standard InChI is InChI=1S/C6H7IN2O3/c1-8-4(10)3(7)5(11)9(2)6(8)12/h3H,1-2H3. The van der Waals surface area contributed by atoms with Crippen molar-refractivity contribution in [2.75, 3.05) is 14.1 Å². The third-order valence-electron chi connectivity index (χ3n) is 1.67. The highest BCUT2D eigenvalue weighted by Crippen LogP contribution is 2.15. The molecule has 5 nitrogen and oxygen atoms in total. The van der Waals surface area contributed by atoms with E-state index in [1.165, 1.54) is 14.1 Å². The first-order valence-electron chi connectivity index (χ1n) is 3.20. The summed E-state index contributed by atoms with van der Waals surface area (Å²) < 4.78 is -0.768. The fourth-order valence-corrected chi connectivity index (χ4v) is 1.69. The maximum atomic E-state index is 11.1. The molecule has 1 rings (SSSR count). The van der Waals surface area contributed by atoms with Crippen molar-refractivity contribution < 1.29 is 14.4 Å². The molecule has 66 valence electrons. The summed E-state index contributed by atoms with van der Waals surface area (Å²) >= 11 is 1.71. The number of halogens is 1. The summed E-state index contributed by atoms with van der Waals surface area (Å²) in [5.74, 6) is -0.910. The number of carbonyl (C=O) groups excluding carboxylic acids is 3. The Labute approximate surface area is 82.8 Å². The van der Waals surface area contributed by atoms with Gasteiger partial charge >= 0.3 is 6.03 Å². The van der Waals surface area contributed by atoms with Gasteiger partial charge in [0.1, 0.15) is 0 Å². The first-order valence-corrected chi connectivity index (χ1v) is 4.44. The van der Waals surface area contributed by atoms with Gasteiger partial charge in [0.2, 0.25) is 0 Å². The number of hydrogen-bond donors (Lipinski definition) is 0. The number of amides is 4. The lowest BCUT2D eigenvalue weighted by Crippen LogP contribution is -2.57. The Balaban J connectivity index is 2.99. The molecule has 0 aromatic carbocycles. The number of alkyl halides is 1. The van der Waals surface area contributed by atoms with Crippen LogP contribution in [0.1, 0.15) is 0 Å². The zero-order valence-electron chi connectivity index (χ0n) is 6.57. The Morgan fingerprint density at radius 1 is 1.08 bits per heavy atom. The molecule has 0 aromatic rings. The van der Waals surface area contributed by atoms with Gasteiger partial charge in [-0.1, -0.05) is 22.6 Å². The predicted octanol–water partition coefficient (Wildman–Crippen LogP) is -0.160. The number of urea groups is 1. The number of nitrogens with zero attached hydrogens (tertiary/aromatic N) is 2. The van der Waals surface area contributed by atoms with Gasteiger partial charge in [0.15, 0.2) is 3.92 Å². The first kappa shape index (κ1) is 9.43. The minimum Gasteiger partial charge on any atom is -0.273 e. The largest absolute Gasteiger partial charge is 0.332 e. The van der Waals surface area contributed by atoms with Gasteiger partial charge in [-0.25, -0.2) is 4.79 Å². The van der Waals surface area contributed by atoms with Gasteiger partial charge in [-0.3, -0.25) is 19.4 Å². The molecule has 6 heteroatoms. The molecule has 1 fully saturated rings. The topological polar surface area (TPSA) is 57.7 Å². The smallest absolute Gasteiger partial charge is 0.273 e. The van der Waals surface area contributed by atoms with E-state index >= 15 is 0 Å². The molecule has 1 saturated heterocycles. The summed E-state index contributed by atoms with van der Waals surface area (Å²) in [6.45, 7) is 0. The maximum absolute atomic E-state index is 11.1. The van der Waals surface area contributed by atoms with Crippen LogP contribution in [0.5, 0.6) is 0 Å². The van der Waals surface area contributed by atoms with Gasteiger partial charge in [0.05, 0.1) is 0 Å². The molecule has 0 aliphatic carbocycles. The number of imide groups is 2. The molecule has 1 aliphatic rings. The molecule has 0 unspecified atom stereocenters. The van der Waals surface area contributed by atoms with E-state index in [0.717, 1.165) is 9.80 Å². The summed E-state index contributed by atoms with van der Waals surface area (Å²) in [7, 11) is 2.72. The highest BCUT2D eigenvalue weighted by molar-refractivity contribution is 14.1. The molecule has 0 atom stereocenters. The van der Waals surface area contributed by atoms with Gasteiger partial charge in [-0.2, -0.15) is 0 Å². The quantitative estimate of drug-likeness (QED) is 0.352. The van der Waals surface area contributed by atoms with Crippen molar-refractivity contribution in [1.29, 1.82) is 0 Å². The first-order chi connectivity index (χ1) is 5.46. The molecule has 0 saturated carbocycles. The molecule has 0 N–H and O–H groups in total. The average Bonchev–Trinajstić information content (AvgIpc) is 2.08. The summed E-state index contributed by atoms with van der Waals surface area (Å²) in [4.78, 5) is 35.3. The Morgan fingerprint density at radius 3 is 1.75 bits per heavy atom. The van der Waals surface area contributed by atoms with Crippen LogP contribution in [0.2, 0.25) is 0 Å². The molecule has 1 heterocycles. The zero-order chi connectivity index (χ0) is 9.46. The van der Waals surface area contributed by atoms with E-state index in [4.69, 9.17) is 0 Å². The lowest BCUT2D eigenvalue weighted by atomic mass is 10.3. The maximum Gasteiger partial charge on any atom is 0.332 e. The predicted molar refractivity (Wildman–Crippen MR) is 48.7 cm³/mol. The average molecular weight is 282 g/mol. The van der Waals surface area contributed by atoms with Crippen LogP contribution in [0.3, 0.4) is 0 Å². The van der Waals surface area contributed by atoms with E-state index in [1.54, 1.807) is 22.6 Å². The van der Waals surface area contributed by atoms with Crippen molar-refractivity contribution in [2.45, 2.75) is 3.92 Å². The van der Waals surface area contributed by atoms with Gasteiger partial charge in [0, 0.05) is 14.1 Å². The Hall–Kier alpha value is -0.660. The van der Waals surface area contributed by atoms with Crippen molar-refractivity contribution >= 4 is 40.4 Å². The fraction of sp³-hybridized carbons (Fsp3) is 0.500. The zero-order valence-corrected chi connectivity index (χ0v) is 8.73. The second-order valence-electron chi connectivity index (χ2n) is 2.44. The van der Waals surface area contributed by atoms with Gasteiger partial charge in [-0.05, 0) is 0 Å². The van der Waals surface area contributed by atoms with Crippen LogP contribution in [0, 0.1) is 0 Å². The molecule has 12 heavy (non-hydrogen) atoms. The molecule has 0 spiro atoms. The third kappa shape index (κ3) is 1.19. The Bertz CT molecular complexity index is 205. The number of barbiturate groups is 1. The molecule has 4 amide bonds. The van der Waals surface area contributed by atoms with Crippen LogP contribution in [0.25, 0.3) is 0 Å². The lowest BCUT2D eigenvalue weighted by Gasteiger charge is -2.30. The molecular formula is C6H7IN2O3. The molecule has 0 aromatic heterocycles. The lowest BCUT2D eigenvalue weighted by molar-refractivity contribution is -0.139. The van der Waals surface area contributed by atoms with Gasteiger partial charge in [0.25, 0.3) is 11.8 Å². The monoisotopic (exact) mass is 282 g/mol. The second-order valence-corrected chi connectivity index (χ2v) is 3.69. The van der Waals surface area contributed by atoms with Gasteiger partial charge in [-0.15, -0.1) is 0 Å². The van der Waals surface area contributed by atoms with Crippen LogP contribution in [-0.2, 0) is 9.59 Å². The highest BCUT2D eigenvalue weighted by Gasteiger charge is 2.40. The van der Waals surface area contributed by atoms with Crippen LogP contribution in [0.15, 0.2) is 0 Å². The van der Waals surface area contributed by atoms with Crippen LogP contribution in [-0.4, -0.2) is 45.7 Å². The van der Waals surface area contributed by atoms with Crippen molar-refractivity contribution in [3.05, 3.63) is 0 Å². The van der Waals surface area contributed by atoms with E-state index in [0.29, 0.717) is 0 Å². The molecular weight excluding hydrogens is 275 g/mol. The van der Waals surface area contributed by atoms with E-state index in [9.17, 15) is 14.4 Å². The summed E-state index contributed by atoms with van der Waals surface area (Å²) in [5, 5.41) is 0. The fourth-order valence-electron chi connectivity index (χ4n) is 0.859. The SMILES string of the molecule is CN1C(=O)C(I)C(=O)N(C)C1=O. The van der Waals surface area contributed by atoms with Crippen molar-refractivity contribution in [3.8, 4) is 0 Å².